The first-order chi connectivity index (χ1) is 12.6. The molecule has 0 aliphatic heterocycles. The molecule has 3 aromatic rings. The van der Waals surface area contributed by atoms with Gasteiger partial charge in [0.2, 0.25) is 5.91 Å². The van der Waals surface area contributed by atoms with Gasteiger partial charge in [-0.05, 0) is 54.1 Å². The van der Waals surface area contributed by atoms with Gasteiger partial charge >= 0.3 is 0 Å². The lowest BCUT2D eigenvalue weighted by Crippen LogP contribution is -2.14. The number of amides is 1. The normalized spacial score (nSPS) is 10.8. The number of carbonyl (C=O) groups excluding carboxylic acids is 1. The third-order valence-corrected chi connectivity index (χ3v) is 4.28. The number of nitrogens with zero attached hydrogens (tertiary/aromatic N) is 2. The van der Waals surface area contributed by atoms with Gasteiger partial charge in [-0.15, -0.1) is 0 Å². The highest BCUT2D eigenvalue weighted by Gasteiger charge is 2.06. The fourth-order valence-corrected chi connectivity index (χ4v) is 2.58. The summed E-state index contributed by atoms with van der Waals surface area (Å²) < 4.78 is 0. The molecule has 0 spiro atoms. The number of hydrogen-bond donors (Lipinski definition) is 1. The zero-order valence-corrected chi connectivity index (χ0v) is 15.2. The maximum atomic E-state index is 12.1. The largest absolute Gasteiger partial charge is 0.326 e. The number of carbonyl (C=O) groups is 1. The predicted molar refractivity (Wildman–Crippen MR) is 106 cm³/mol. The first kappa shape index (κ1) is 18.1. The number of benzene rings is 3. The second-order valence-electron chi connectivity index (χ2n) is 5.56. The van der Waals surface area contributed by atoms with Crippen molar-refractivity contribution in [3.63, 3.8) is 0 Å². The van der Waals surface area contributed by atoms with Crippen molar-refractivity contribution in [1.29, 1.82) is 0 Å². The quantitative estimate of drug-likeness (QED) is 0.496. The van der Waals surface area contributed by atoms with Gasteiger partial charge in [0.1, 0.15) is 0 Å². The molecule has 1 amide bonds. The van der Waals surface area contributed by atoms with Gasteiger partial charge in [0, 0.05) is 5.69 Å². The summed E-state index contributed by atoms with van der Waals surface area (Å²) in [7, 11) is 0. The molecular formula is C20H15Cl2N3O. The van der Waals surface area contributed by atoms with Crippen LogP contribution in [0.3, 0.4) is 0 Å². The molecule has 0 aromatic heterocycles. The summed E-state index contributed by atoms with van der Waals surface area (Å²) >= 11 is 11.8. The molecule has 0 aliphatic carbocycles. The van der Waals surface area contributed by atoms with E-state index in [1.165, 1.54) is 0 Å². The smallest absolute Gasteiger partial charge is 0.228 e. The minimum atomic E-state index is -0.137. The minimum Gasteiger partial charge on any atom is -0.326 e. The van der Waals surface area contributed by atoms with Crippen LogP contribution in [0.2, 0.25) is 10.0 Å². The highest BCUT2D eigenvalue weighted by Crippen LogP contribution is 2.23. The summed E-state index contributed by atoms with van der Waals surface area (Å²) in [5.74, 6) is -0.137. The van der Waals surface area contributed by atoms with Crippen molar-refractivity contribution in [3.8, 4) is 0 Å². The first-order valence-electron chi connectivity index (χ1n) is 7.91. The van der Waals surface area contributed by atoms with E-state index in [1.54, 1.807) is 42.5 Å². The SMILES string of the molecule is O=C(Cc1ccc(Cl)c(Cl)c1)Nc1ccc(N=Nc2ccccc2)cc1. The van der Waals surface area contributed by atoms with E-state index < -0.39 is 0 Å². The van der Waals surface area contributed by atoms with Gasteiger partial charge in [0.05, 0.1) is 27.8 Å². The van der Waals surface area contributed by atoms with Crippen LogP contribution in [0.4, 0.5) is 17.1 Å². The third kappa shape index (κ3) is 5.15. The van der Waals surface area contributed by atoms with Crippen LogP contribution in [-0.2, 0) is 11.2 Å². The Hall–Kier alpha value is -2.69. The molecule has 4 nitrogen and oxygen atoms in total. The third-order valence-electron chi connectivity index (χ3n) is 3.54. The Kier molecular flexibility index (Phi) is 6.00. The Morgan fingerprint density at radius 2 is 1.46 bits per heavy atom. The van der Waals surface area contributed by atoms with Crippen LogP contribution in [-0.4, -0.2) is 5.91 Å². The molecule has 0 radical (unpaired) electrons. The molecule has 0 saturated heterocycles. The van der Waals surface area contributed by atoms with Gasteiger partial charge in [-0.3, -0.25) is 4.79 Å². The van der Waals surface area contributed by atoms with Crippen LogP contribution in [0.5, 0.6) is 0 Å². The van der Waals surface area contributed by atoms with Crippen LogP contribution in [0.15, 0.2) is 83.0 Å². The van der Waals surface area contributed by atoms with Gasteiger partial charge < -0.3 is 5.32 Å². The lowest BCUT2D eigenvalue weighted by molar-refractivity contribution is -0.115. The van der Waals surface area contributed by atoms with E-state index in [-0.39, 0.29) is 12.3 Å². The molecule has 130 valence electrons. The van der Waals surface area contributed by atoms with E-state index in [9.17, 15) is 4.79 Å². The van der Waals surface area contributed by atoms with E-state index >= 15 is 0 Å². The van der Waals surface area contributed by atoms with Crippen LogP contribution in [0.1, 0.15) is 5.56 Å². The maximum absolute atomic E-state index is 12.1. The van der Waals surface area contributed by atoms with Crippen molar-refractivity contribution in [1.82, 2.24) is 0 Å². The summed E-state index contributed by atoms with van der Waals surface area (Å²) in [5.41, 5.74) is 2.97. The maximum Gasteiger partial charge on any atom is 0.228 e. The standard InChI is InChI=1S/C20H15Cl2N3O/c21-18-11-6-14(12-19(18)22)13-20(26)23-15-7-9-17(10-8-15)25-24-16-4-2-1-3-5-16/h1-12H,13H2,(H,23,26). The summed E-state index contributed by atoms with van der Waals surface area (Å²) in [6.45, 7) is 0. The molecular weight excluding hydrogens is 369 g/mol. The number of hydrogen-bond acceptors (Lipinski definition) is 3. The Balaban J connectivity index is 1.59. The molecule has 26 heavy (non-hydrogen) atoms. The molecule has 3 rings (SSSR count). The highest BCUT2D eigenvalue weighted by atomic mass is 35.5. The van der Waals surface area contributed by atoms with Gasteiger partial charge in [0.15, 0.2) is 0 Å². The molecule has 0 aliphatic rings. The van der Waals surface area contributed by atoms with Crippen molar-refractivity contribution < 1.29 is 4.79 Å². The van der Waals surface area contributed by atoms with Crippen molar-refractivity contribution in [2.75, 3.05) is 5.32 Å². The molecule has 6 heteroatoms. The highest BCUT2D eigenvalue weighted by molar-refractivity contribution is 6.42. The van der Waals surface area contributed by atoms with Gasteiger partial charge in [-0.25, -0.2) is 0 Å². The second kappa shape index (κ2) is 8.61. The first-order valence-corrected chi connectivity index (χ1v) is 8.66. The Bertz CT molecular complexity index is 926. The molecule has 1 N–H and O–H groups in total. The minimum absolute atomic E-state index is 0.137. The number of halogens is 2. The average Bonchev–Trinajstić information content (AvgIpc) is 2.65. The van der Waals surface area contributed by atoms with Crippen molar-refractivity contribution >= 4 is 46.2 Å². The molecule has 0 unspecified atom stereocenters. The fraction of sp³-hybridized carbons (Fsp3) is 0.0500. The van der Waals surface area contributed by atoms with E-state index in [1.807, 2.05) is 30.3 Å². The Labute approximate surface area is 161 Å². The fourth-order valence-electron chi connectivity index (χ4n) is 2.26. The predicted octanol–water partition coefficient (Wildman–Crippen LogP) is 6.59. The van der Waals surface area contributed by atoms with E-state index in [0.717, 1.165) is 11.3 Å². The lowest BCUT2D eigenvalue weighted by Gasteiger charge is -2.06. The van der Waals surface area contributed by atoms with E-state index in [4.69, 9.17) is 23.2 Å². The molecule has 0 heterocycles. The summed E-state index contributed by atoms with van der Waals surface area (Å²) in [5, 5.41) is 12.1. The zero-order valence-electron chi connectivity index (χ0n) is 13.7. The van der Waals surface area contributed by atoms with E-state index in [0.29, 0.717) is 21.4 Å². The van der Waals surface area contributed by atoms with Crippen molar-refractivity contribution in [3.05, 3.63) is 88.4 Å². The molecule has 0 saturated carbocycles. The van der Waals surface area contributed by atoms with Crippen molar-refractivity contribution in [2.45, 2.75) is 6.42 Å². The van der Waals surface area contributed by atoms with Crippen LogP contribution >= 0.6 is 23.2 Å². The Morgan fingerprint density at radius 1 is 0.808 bits per heavy atom. The van der Waals surface area contributed by atoms with Crippen LogP contribution in [0, 0.1) is 0 Å². The van der Waals surface area contributed by atoms with Crippen molar-refractivity contribution in [2.24, 2.45) is 10.2 Å². The molecule has 0 fully saturated rings. The van der Waals surface area contributed by atoms with E-state index in [2.05, 4.69) is 15.5 Å². The van der Waals surface area contributed by atoms with Gasteiger partial charge in [-0.1, -0.05) is 47.5 Å². The van der Waals surface area contributed by atoms with Crippen LogP contribution in [0.25, 0.3) is 0 Å². The summed E-state index contributed by atoms with van der Waals surface area (Å²) in [4.78, 5) is 12.1. The molecule has 3 aromatic carbocycles. The molecule has 0 bridgehead atoms. The van der Waals surface area contributed by atoms with Gasteiger partial charge in [-0.2, -0.15) is 10.2 Å². The van der Waals surface area contributed by atoms with Gasteiger partial charge in [0.25, 0.3) is 0 Å². The Morgan fingerprint density at radius 3 is 2.12 bits per heavy atom. The number of nitrogens with one attached hydrogen (secondary N) is 1. The number of anilines is 1. The number of rotatable bonds is 5. The summed E-state index contributed by atoms with van der Waals surface area (Å²) in [6.07, 6.45) is 0.215. The lowest BCUT2D eigenvalue weighted by atomic mass is 10.1. The summed E-state index contributed by atoms with van der Waals surface area (Å²) in [6, 6.07) is 21.8. The average molecular weight is 384 g/mol. The monoisotopic (exact) mass is 383 g/mol. The molecule has 0 atom stereocenters. The zero-order chi connectivity index (χ0) is 18.4. The second-order valence-corrected chi connectivity index (χ2v) is 6.37. The van der Waals surface area contributed by atoms with Crippen LogP contribution < -0.4 is 5.32 Å². The topological polar surface area (TPSA) is 53.8 Å². The number of azo groups is 1.